The second kappa shape index (κ2) is 10.8. The van der Waals surface area contributed by atoms with Crippen LogP contribution in [-0.4, -0.2) is 65.4 Å². The van der Waals surface area contributed by atoms with Gasteiger partial charge in [0.2, 0.25) is 15.9 Å². The van der Waals surface area contributed by atoms with Crippen molar-refractivity contribution in [3.8, 4) is 0 Å². The number of sulfonamides is 1. The summed E-state index contributed by atoms with van der Waals surface area (Å²) in [5.74, 6) is -2.07. The summed E-state index contributed by atoms with van der Waals surface area (Å²) in [4.78, 5) is 24.1. The molecule has 37 heavy (non-hydrogen) atoms. The fraction of sp³-hybridized carbons (Fsp3) is 0.391. The smallest absolute Gasteiger partial charge is 0.390 e. The van der Waals surface area contributed by atoms with Gasteiger partial charge in [0, 0.05) is 19.3 Å². The first-order valence-corrected chi connectivity index (χ1v) is 12.5. The quantitative estimate of drug-likeness (QED) is 0.266. The molecule has 3 rings (SSSR count). The number of nitrogens with two attached hydrogens (primary N) is 1. The molecule has 2 amide bonds. The summed E-state index contributed by atoms with van der Waals surface area (Å²) in [5.41, 5.74) is 2.33. The maximum atomic E-state index is 13.0. The molecule has 0 heterocycles. The van der Waals surface area contributed by atoms with Crippen LogP contribution < -0.4 is 15.8 Å². The predicted molar refractivity (Wildman–Crippen MR) is 123 cm³/mol. The molecule has 1 saturated carbocycles. The highest BCUT2D eigenvalue weighted by Gasteiger charge is 2.50. The second-order valence-corrected chi connectivity index (χ2v) is 10.6. The molecule has 7 N–H and O–H groups in total. The van der Waals surface area contributed by atoms with Crippen molar-refractivity contribution < 1.29 is 46.5 Å². The summed E-state index contributed by atoms with van der Waals surface area (Å²) in [6.07, 6.45) is -9.90. The van der Waals surface area contributed by atoms with Gasteiger partial charge in [-0.25, -0.2) is 13.1 Å². The summed E-state index contributed by atoms with van der Waals surface area (Å²) < 4.78 is 66.6. The summed E-state index contributed by atoms with van der Waals surface area (Å²) in [6.45, 7) is 0. The number of alkyl halides is 3. The Morgan fingerprint density at radius 2 is 1.73 bits per heavy atom. The molecule has 5 atom stereocenters. The standard InChI is InChI=1S/C23H26F3N3O7S/c24-23(25,26)14-7-4-8-15(10-14)37(35,36)29-17-11-22(34,12-18(30)19(17)31)21(33)28-16(20(27)32)9-13-5-2-1-3-6-13/h1-8,10,16-19,29-31,34H,9,11-12H2,(H2,27,32)(H,28,33). The van der Waals surface area contributed by atoms with Gasteiger partial charge in [0.1, 0.15) is 11.6 Å². The number of aliphatic hydroxyl groups excluding tert-OH is 2. The molecular formula is C23H26F3N3O7S. The molecule has 0 bridgehead atoms. The van der Waals surface area contributed by atoms with Crippen molar-refractivity contribution in [3.05, 3.63) is 65.7 Å². The summed E-state index contributed by atoms with van der Waals surface area (Å²) in [5, 5.41) is 33.9. The highest BCUT2D eigenvalue weighted by Crippen LogP contribution is 2.33. The molecule has 14 heteroatoms. The lowest BCUT2D eigenvalue weighted by molar-refractivity contribution is -0.158. The zero-order valence-electron chi connectivity index (χ0n) is 19.2. The van der Waals surface area contributed by atoms with Gasteiger partial charge in [-0.05, 0) is 23.8 Å². The topological polar surface area (TPSA) is 179 Å². The van der Waals surface area contributed by atoms with Crippen LogP contribution in [0.3, 0.4) is 0 Å². The summed E-state index contributed by atoms with van der Waals surface area (Å²) in [7, 11) is -4.69. The largest absolute Gasteiger partial charge is 0.416 e. The van der Waals surface area contributed by atoms with Gasteiger partial charge in [-0.1, -0.05) is 36.4 Å². The molecule has 1 aliphatic carbocycles. The number of carbonyl (C=O) groups is 2. The second-order valence-electron chi connectivity index (χ2n) is 8.87. The normalized spacial score (nSPS) is 25.3. The van der Waals surface area contributed by atoms with Crippen LogP contribution in [0.15, 0.2) is 59.5 Å². The minimum Gasteiger partial charge on any atom is -0.390 e. The third-order valence-corrected chi connectivity index (χ3v) is 7.53. The fourth-order valence-corrected chi connectivity index (χ4v) is 5.37. The maximum Gasteiger partial charge on any atom is 0.416 e. The number of benzene rings is 2. The molecule has 2 aromatic carbocycles. The number of hydrogen-bond acceptors (Lipinski definition) is 7. The van der Waals surface area contributed by atoms with E-state index >= 15 is 0 Å². The van der Waals surface area contributed by atoms with Gasteiger partial charge < -0.3 is 26.4 Å². The average molecular weight is 546 g/mol. The lowest BCUT2D eigenvalue weighted by atomic mass is 9.78. The van der Waals surface area contributed by atoms with Crippen LogP contribution in [0.1, 0.15) is 24.0 Å². The third kappa shape index (κ3) is 6.84. The fourth-order valence-electron chi connectivity index (χ4n) is 4.07. The molecule has 202 valence electrons. The first kappa shape index (κ1) is 28.5. The molecular weight excluding hydrogens is 519 g/mol. The van der Waals surface area contributed by atoms with Crippen molar-refractivity contribution in [2.75, 3.05) is 0 Å². The van der Waals surface area contributed by atoms with Crippen LogP contribution >= 0.6 is 0 Å². The first-order chi connectivity index (χ1) is 17.1. The average Bonchev–Trinajstić information content (AvgIpc) is 2.81. The lowest BCUT2D eigenvalue weighted by Crippen LogP contribution is -2.64. The monoisotopic (exact) mass is 545 g/mol. The molecule has 0 aliphatic heterocycles. The minimum atomic E-state index is -4.82. The Balaban J connectivity index is 1.80. The SMILES string of the molecule is NC(=O)C(Cc1ccccc1)NC(=O)C1(O)CC(O)C(O)C(NS(=O)(=O)c2cccc(C(F)(F)F)c2)C1. The Bertz CT molecular complexity index is 1240. The van der Waals surface area contributed by atoms with E-state index < -0.39 is 81.2 Å². The van der Waals surface area contributed by atoms with Crippen LogP contribution in [0.2, 0.25) is 0 Å². The molecule has 0 aromatic heterocycles. The number of primary amides is 1. The van der Waals surface area contributed by atoms with E-state index in [2.05, 4.69) is 5.32 Å². The molecule has 1 fully saturated rings. The van der Waals surface area contributed by atoms with Crippen molar-refractivity contribution in [1.82, 2.24) is 10.0 Å². The molecule has 2 aromatic rings. The first-order valence-electron chi connectivity index (χ1n) is 11.0. The Kier molecular flexibility index (Phi) is 8.29. The van der Waals surface area contributed by atoms with Crippen molar-refractivity contribution in [3.63, 3.8) is 0 Å². The third-order valence-electron chi connectivity index (χ3n) is 6.04. The molecule has 0 radical (unpaired) electrons. The van der Waals surface area contributed by atoms with Crippen LogP contribution in [0, 0.1) is 0 Å². The number of amides is 2. The highest BCUT2D eigenvalue weighted by molar-refractivity contribution is 7.89. The van der Waals surface area contributed by atoms with E-state index in [4.69, 9.17) is 5.73 Å². The van der Waals surface area contributed by atoms with Gasteiger partial charge in [-0.2, -0.15) is 13.2 Å². The van der Waals surface area contributed by atoms with Crippen LogP contribution in [0.5, 0.6) is 0 Å². The number of carbonyl (C=O) groups excluding carboxylic acids is 2. The number of halogens is 3. The van der Waals surface area contributed by atoms with Gasteiger partial charge in [0.05, 0.1) is 28.7 Å². The number of rotatable bonds is 8. The summed E-state index contributed by atoms with van der Waals surface area (Å²) >= 11 is 0. The van der Waals surface area contributed by atoms with Gasteiger partial charge in [-0.3, -0.25) is 9.59 Å². The van der Waals surface area contributed by atoms with Crippen molar-refractivity contribution >= 4 is 21.8 Å². The van der Waals surface area contributed by atoms with Gasteiger partial charge in [-0.15, -0.1) is 0 Å². The van der Waals surface area contributed by atoms with E-state index in [9.17, 15) is 46.5 Å². The Hall–Kier alpha value is -3.04. The number of hydrogen-bond donors (Lipinski definition) is 6. The van der Waals surface area contributed by atoms with E-state index in [1.807, 2.05) is 4.72 Å². The number of aliphatic hydroxyl groups is 3. The van der Waals surface area contributed by atoms with Crippen molar-refractivity contribution in [2.45, 2.75) is 60.2 Å². The highest BCUT2D eigenvalue weighted by atomic mass is 32.2. The van der Waals surface area contributed by atoms with E-state index in [0.29, 0.717) is 17.7 Å². The van der Waals surface area contributed by atoms with Crippen molar-refractivity contribution in [1.29, 1.82) is 0 Å². The van der Waals surface area contributed by atoms with E-state index in [1.165, 1.54) is 0 Å². The molecule has 5 unspecified atom stereocenters. The van der Waals surface area contributed by atoms with Gasteiger partial charge in [0.25, 0.3) is 5.91 Å². The molecule has 0 saturated heterocycles. The molecule has 1 aliphatic rings. The van der Waals surface area contributed by atoms with E-state index in [0.717, 1.165) is 12.1 Å². The zero-order chi connectivity index (χ0) is 27.6. The van der Waals surface area contributed by atoms with Crippen LogP contribution in [-0.2, 0) is 32.2 Å². The van der Waals surface area contributed by atoms with Crippen LogP contribution in [0.4, 0.5) is 13.2 Å². The lowest BCUT2D eigenvalue weighted by Gasteiger charge is -2.41. The van der Waals surface area contributed by atoms with E-state index in [-0.39, 0.29) is 6.42 Å². The Labute approximate surface area is 210 Å². The Morgan fingerprint density at radius 3 is 2.32 bits per heavy atom. The minimum absolute atomic E-state index is 0.0191. The van der Waals surface area contributed by atoms with E-state index in [1.54, 1.807) is 30.3 Å². The number of nitrogens with one attached hydrogen (secondary N) is 2. The molecule has 10 nitrogen and oxygen atoms in total. The maximum absolute atomic E-state index is 13.0. The predicted octanol–water partition coefficient (Wildman–Crippen LogP) is -0.188. The van der Waals surface area contributed by atoms with Crippen LogP contribution in [0.25, 0.3) is 0 Å². The van der Waals surface area contributed by atoms with Gasteiger partial charge >= 0.3 is 6.18 Å². The Morgan fingerprint density at radius 1 is 1.08 bits per heavy atom. The molecule has 0 spiro atoms. The summed E-state index contributed by atoms with van der Waals surface area (Å²) in [6, 6.07) is 8.38. The van der Waals surface area contributed by atoms with Gasteiger partial charge in [0.15, 0.2) is 0 Å². The van der Waals surface area contributed by atoms with Crippen molar-refractivity contribution in [2.24, 2.45) is 5.73 Å². The zero-order valence-corrected chi connectivity index (χ0v) is 20.0.